The maximum Gasteiger partial charge on any atom is 0.237 e. The molecule has 1 rings (SSSR count). The van der Waals surface area contributed by atoms with Crippen LogP contribution in [0.2, 0.25) is 0 Å². The second-order valence-corrected chi connectivity index (χ2v) is 5.92. The van der Waals surface area contributed by atoms with Crippen LogP contribution in [-0.4, -0.2) is 33.3 Å². The smallest absolute Gasteiger partial charge is 0.237 e. The van der Waals surface area contributed by atoms with Crippen LogP contribution in [0.25, 0.3) is 0 Å². The molecule has 0 aliphatic carbocycles. The predicted molar refractivity (Wildman–Crippen MR) is 97.3 cm³/mol. The van der Waals surface area contributed by atoms with E-state index < -0.39 is 6.04 Å². The minimum atomic E-state index is -0.514. The SMILES string of the molecule is COc1cc(C(C)NC(=O)[C@@H](N)CC(C)C)cc(OC)c1OC.Cl. The van der Waals surface area contributed by atoms with Crippen LogP contribution >= 0.6 is 12.4 Å². The highest BCUT2D eigenvalue weighted by atomic mass is 35.5. The van der Waals surface area contributed by atoms with E-state index in [0.717, 1.165) is 5.56 Å². The maximum atomic E-state index is 12.2. The number of carbonyl (C=O) groups excluding carboxylic acids is 1. The van der Waals surface area contributed by atoms with Crippen LogP contribution in [-0.2, 0) is 4.79 Å². The quantitative estimate of drug-likeness (QED) is 0.744. The van der Waals surface area contributed by atoms with Gasteiger partial charge in [0, 0.05) is 0 Å². The number of ether oxygens (including phenoxy) is 3. The van der Waals surface area contributed by atoms with E-state index in [9.17, 15) is 4.79 Å². The minimum Gasteiger partial charge on any atom is -0.493 e. The summed E-state index contributed by atoms with van der Waals surface area (Å²) < 4.78 is 16.0. The lowest BCUT2D eigenvalue weighted by Gasteiger charge is -2.21. The monoisotopic (exact) mass is 360 g/mol. The molecule has 0 radical (unpaired) electrons. The molecular weight excluding hydrogens is 332 g/mol. The first-order valence-corrected chi connectivity index (χ1v) is 7.69. The van der Waals surface area contributed by atoms with Crippen molar-refractivity contribution in [2.45, 2.75) is 39.3 Å². The summed E-state index contributed by atoms with van der Waals surface area (Å²) in [5.74, 6) is 1.82. The van der Waals surface area contributed by atoms with Crippen LogP contribution in [0.1, 0.15) is 38.8 Å². The standard InChI is InChI=1S/C17H28N2O4.ClH/c1-10(2)7-13(18)17(20)19-11(3)12-8-14(21-4)16(23-6)15(9-12)22-5;/h8-11,13H,7,18H2,1-6H3,(H,19,20);1H/t11?,13-;/m0./s1. The summed E-state index contributed by atoms with van der Waals surface area (Å²) in [4.78, 5) is 12.2. The molecule has 1 unspecified atom stereocenters. The normalized spacial score (nSPS) is 12.8. The van der Waals surface area contributed by atoms with Gasteiger partial charge in [0.25, 0.3) is 0 Å². The summed E-state index contributed by atoms with van der Waals surface area (Å²) in [5, 5.41) is 2.93. The van der Waals surface area contributed by atoms with Crippen molar-refractivity contribution in [1.82, 2.24) is 5.32 Å². The first-order chi connectivity index (χ1) is 10.8. The molecule has 138 valence electrons. The molecule has 0 fully saturated rings. The Hall–Kier alpha value is -1.66. The second kappa shape index (κ2) is 10.3. The fraction of sp³-hybridized carbons (Fsp3) is 0.588. The van der Waals surface area contributed by atoms with Gasteiger partial charge in [0.2, 0.25) is 11.7 Å². The lowest BCUT2D eigenvalue weighted by molar-refractivity contribution is -0.123. The average Bonchev–Trinajstić information content (AvgIpc) is 2.52. The van der Waals surface area contributed by atoms with Crippen molar-refractivity contribution in [2.24, 2.45) is 11.7 Å². The van der Waals surface area contributed by atoms with Crippen LogP contribution in [0.5, 0.6) is 17.2 Å². The predicted octanol–water partition coefficient (Wildman–Crippen LogP) is 2.68. The summed E-state index contributed by atoms with van der Waals surface area (Å²) in [6.07, 6.45) is 0.647. The van der Waals surface area contributed by atoms with Crippen LogP contribution in [0.4, 0.5) is 0 Å². The van der Waals surface area contributed by atoms with Gasteiger partial charge in [-0.05, 0) is 37.0 Å². The highest BCUT2D eigenvalue weighted by molar-refractivity contribution is 5.85. The Labute approximate surface area is 150 Å². The van der Waals surface area contributed by atoms with Crippen molar-refractivity contribution < 1.29 is 19.0 Å². The topological polar surface area (TPSA) is 82.8 Å². The van der Waals surface area contributed by atoms with Gasteiger partial charge in [0.15, 0.2) is 11.5 Å². The molecule has 0 aliphatic heterocycles. The molecule has 7 heteroatoms. The number of hydrogen-bond donors (Lipinski definition) is 2. The molecule has 24 heavy (non-hydrogen) atoms. The number of halogens is 1. The molecule has 6 nitrogen and oxygen atoms in total. The van der Waals surface area contributed by atoms with E-state index in [4.69, 9.17) is 19.9 Å². The van der Waals surface area contributed by atoms with E-state index in [2.05, 4.69) is 5.32 Å². The van der Waals surface area contributed by atoms with Crippen molar-refractivity contribution >= 4 is 18.3 Å². The fourth-order valence-electron chi connectivity index (χ4n) is 2.37. The molecule has 0 saturated carbocycles. The van der Waals surface area contributed by atoms with Gasteiger partial charge in [-0.1, -0.05) is 13.8 Å². The molecule has 1 amide bonds. The summed E-state index contributed by atoms with van der Waals surface area (Å²) in [6.45, 7) is 5.96. The van der Waals surface area contributed by atoms with E-state index in [0.29, 0.717) is 29.6 Å². The zero-order valence-corrected chi connectivity index (χ0v) is 16.0. The zero-order chi connectivity index (χ0) is 17.6. The van der Waals surface area contributed by atoms with Gasteiger partial charge >= 0.3 is 0 Å². The zero-order valence-electron chi connectivity index (χ0n) is 15.2. The van der Waals surface area contributed by atoms with Crippen LogP contribution in [0, 0.1) is 5.92 Å². The summed E-state index contributed by atoms with van der Waals surface area (Å²) in [5.41, 5.74) is 6.77. The molecule has 0 bridgehead atoms. The molecule has 2 atom stereocenters. The molecule has 1 aromatic rings. The third kappa shape index (κ3) is 5.76. The lowest BCUT2D eigenvalue weighted by atomic mass is 10.0. The number of nitrogens with two attached hydrogens (primary N) is 1. The van der Waals surface area contributed by atoms with Gasteiger partial charge in [-0.25, -0.2) is 0 Å². The Bertz CT molecular complexity index is 512. The number of methoxy groups -OCH3 is 3. The summed E-state index contributed by atoms with van der Waals surface area (Å²) >= 11 is 0. The Morgan fingerprint density at radius 1 is 1.08 bits per heavy atom. The number of rotatable bonds is 8. The van der Waals surface area contributed by atoms with E-state index in [-0.39, 0.29) is 24.4 Å². The number of hydrogen-bond acceptors (Lipinski definition) is 5. The first-order valence-electron chi connectivity index (χ1n) is 7.69. The van der Waals surface area contributed by atoms with Gasteiger partial charge < -0.3 is 25.3 Å². The molecule has 0 spiro atoms. The molecule has 0 aromatic heterocycles. The van der Waals surface area contributed by atoms with E-state index in [1.165, 1.54) is 0 Å². The molecule has 0 saturated heterocycles. The van der Waals surface area contributed by atoms with E-state index in [1.807, 2.05) is 32.9 Å². The van der Waals surface area contributed by atoms with Crippen LogP contribution in [0.15, 0.2) is 12.1 Å². The van der Waals surface area contributed by atoms with Crippen molar-refractivity contribution in [3.05, 3.63) is 17.7 Å². The van der Waals surface area contributed by atoms with Crippen LogP contribution in [0.3, 0.4) is 0 Å². The number of amides is 1. The Kier molecular flexibility index (Phi) is 9.55. The Balaban J connectivity index is 0.00000529. The largest absolute Gasteiger partial charge is 0.493 e. The fourth-order valence-corrected chi connectivity index (χ4v) is 2.37. The van der Waals surface area contributed by atoms with Crippen molar-refractivity contribution in [2.75, 3.05) is 21.3 Å². The molecular formula is C17H29ClN2O4. The Morgan fingerprint density at radius 3 is 1.96 bits per heavy atom. The van der Waals surface area contributed by atoms with Crippen molar-refractivity contribution in [3.63, 3.8) is 0 Å². The van der Waals surface area contributed by atoms with Crippen molar-refractivity contribution in [3.8, 4) is 17.2 Å². The molecule has 0 aliphatic rings. The highest BCUT2D eigenvalue weighted by Gasteiger charge is 2.20. The van der Waals surface area contributed by atoms with Gasteiger partial charge in [-0.3, -0.25) is 4.79 Å². The number of benzene rings is 1. The third-order valence-electron chi connectivity index (χ3n) is 3.61. The second-order valence-electron chi connectivity index (χ2n) is 5.92. The Morgan fingerprint density at radius 2 is 1.58 bits per heavy atom. The first kappa shape index (κ1) is 22.3. The molecule has 0 heterocycles. The maximum absolute atomic E-state index is 12.2. The van der Waals surface area contributed by atoms with E-state index >= 15 is 0 Å². The lowest BCUT2D eigenvalue weighted by Crippen LogP contribution is -2.42. The molecule has 1 aromatic carbocycles. The third-order valence-corrected chi connectivity index (χ3v) is 3.61. The van der Waals surface area contributed by atoms with E-state index in [1.54, 1.807) is 21.3 Å². The highest BCUT2D eigenvalue weighted by Crippen LogP contribution is 2.39. The van der Waals surface area contributed by atoms with Crippen molar-refractivity contribution in [1.29, 1.82) is 0 Å². The van der Waals surface area contributed by atoms with Gasteiger partial charge in [-0.15, -0.1) is 12.4 Å². The summed E-state index contributed by atoms with van der Waals surface area (Å²) in [6, 6.07) is 2.90. The average molecular weight is 361 g/mol. The minimum absolute atomic E-state index is 0. The van der Waals surface area contributed by atoms with Gasteiger partial charge in [0.05, 0.1) is 33.4 Å². The van der Waals surface area contributed by atoms with Crippen LogP contribution < -0.4 is 25.3 Å². The number of nitrogens with one attached hydrogen (secondary N) is 1. The summed E-state index contributed by atoms with van der Waals surface area (Å²) in [7, 11) is 4.67. The molecule has 3 N–H and O–H groups in total. The van der Waals surface area contributed by atoms with Gasteiger partial charge in [0.1, 0.15) is 0 Å². The van der Waals surface area contributed by atoms with Gasteiger partial charge in [-0.2, -0.15) is 0 Å². The number of carbonyl (C=O) groups is 1.